The zero-order chi connectivity index (χ0) is 19.2. The van der Waals surface area contributed by atoms with Crippen LogP contribution >= 0.6 is 11.8 Å². The smallest absolute Gasteiger partial charge is 0.316 e. The molecule has 28 heavy (non-hydrogen) atoms. The third-order valence-electron chi connectivity index (χ3n) is 4.57. The minimum absolute atomic E-state index is 0. The molecule has 0 saturated carbocycles. The number of hydrogen-bond acceptors (Lipinski definition) is 5. The Labute approximate surface area is 182 Å². The summed E-state index contributed by atoms with van der Waals surface area (Å²) in [4.78, 5) is 14.3. The van der Waals surface area contributed by atoms with Gasteiger partial charge in [0.2, 0.25) is 0 Å². The van der Waals surface area contributed by atoms with Crippen LogP contribution in [0.5, 0.6) is 0 Å². The monoisotopic (exact) mass is 576 g/mol. The maximum absolute atomic E-state index is 11.0. The van der Waals surface area contributed by atoms with E-state index in [1.165, 1.54) is 24.9 Å². The molecule has 1 fully saturated rings. The molecule has 0 aromatic heterocycles. The second-order valence-electron chi connectivity index (χ2n) is 6.37. The fourth-order valence-electron chi connectivity index (χ4n) is 3.13. The fraction of sp³-hybridized carbons (Fsp3) is 0.250. The number of thioether (sulfide) groups is 1. The average molecular weight is 576 g/mol. The van der Waals surface area contributed by atoms with Crippen LogP contribution in [-0.4, -0.2) is 24.2 Å². The van der Waals surface area contributed by atoms with Crippen LogP contribution in [0.25, 0.3) is 16.6 Å². The Bertz CT molecular complexity index is 819. The Morgan fingerprint density at radius 2 is 1.50 bits per heavy atom. The summed E-state index contributed by atoms with van der Waals surface area (Å²) >= 11 is 1.13. The summed E-state index contributed by atoms with van der Waals surface area (Å²) in [5, 5.41) is 9.06. The first-order valence-corrected chi connectivity index (χ1v) is 9.67. The summed E-state index contributed by atoms with van der Waals surface area (Å²) in [5.74, 6) is 3.84. The minimum Gasteiger partial charge on any atom is -0.617 e. The zero-order valence-corrected chi connectivity index (χ0v) is 18.5. The van der Waals surface area contributed by atoms with Gasteiger partial charge in [-0.3, -0.25) is 0 Å². The van der Waals surface area contributed by atoms with Crippen molar-refractivity contribution in [1.82, 2.24) is 0 Å². The van der Waals surface area contributed by atoms with Gasteiger partial charge in [0.1, 0.15) is 0 Å². The van der Waals surface area contributed by atoms with Crippen molar-refractivity contribution in [3.8, 4) is 11.1 Å². The summed E-state index contributed by atoms with van der Waals surface area (Å²) < 4.78 is 0. The first-order chi connectivity index (χ1) is 13.1. The molecule has 0 amide bonds. The number of hydrogen-bond donors (Lipinski definition) is 3. The number of carboxylic acids is 1. The van der Waals surface area contributed by atoms with E-state index < -0.39 is 5.97 Å². The van der Waals surface area contributed by atoms with E-state index in [4.69, 9.17) is 16.7 Å². The molecule has 6 nitrogen and oxygen atoms in total. The van der Waals surface area contributed by atoms with Crippen molar-refractivity contribution in [1.29, 1.82) is 0 Å². The van der Waals surface area contributed by atoms with Crippen molar-refractivity contribution in [2.24, 2.45) is 11.6 Å². The molecule has 0 aliphatic carbocycles. The summed E-state index contributed by atoms with van der Waals surface area (Å²) in [5.41, 5.74) is 12.2. The fourth-order valence-corrected chi connectivity index (χ4v) is 3.89. The van der Waals surface area contributed by atoms with E-state index in [1.807, 2.05) is 24.3 Å². The standard InChI is InChI=1S/C20H23N4O2S.Ir/c21-19(18(23-22)20(25)26)27-17-10-6-15(7-11-17)14-4-8-16(9-5-14)24-12-2-1-3-13-24;/h4-11H,1-3,12-13,21-22H2,(H,25,26);/q-1;/b19-18+;. The Balaban J connectivity index is 0.00000280. The van der Waals surface area contributed by atoms with Gasteiger partial charge in [-0.2, -0.15) is 0 Å². The van der Waals surface area contributed by atoms with Crippen molar-refractivity contribution in [3.05, 3.63) is 64.7 Å². The molecule has 5 N–H and O–H groups in total. The molecule has 1 aliphatic heterocycles. The molecule has 1 aliphatic rings. The summed E-state index contributed by atoms with van der Waals surface area (Å²) in [6.45, 7) is 2.27. The van der Waals surface area contributed by atoms with Gasteiger partial charge >= 0.3 is 5.97 Å². The maximum atomic E-state index is 11.0. The average Bonchev–Trinajstić information content (AvgIpc) is 2.70. The molecule has 8 heteroatoms. The van der Waals surface area contributed by atoms with Gasteiger partial charge in [0.15, 0.2) is 0 Å². The third-order valence-corrected chi connectivity index (χ3v) is 5.49. The van der Waals surface area contributed by atoms with E-state index in [2.05, 4.69) is 34.6 Å². The Hall–Kier alpha value is -1.99. The minimum atomic E-state index is -1.24. The molecule has 1 heterocycles. The molecule has 0 bridgehead atoms. The van der Waals surface area contributed by atoms with Crippen molar-refractivity contribution >= 4 is 23.4 Å². The van der Waals surface area contributed by atoms with E-state index in [0.717, 1.165) is 40.9 Å². The van der Waals surface area contributed by atoms with Crippen molar-refractivity contribution in [2.45, 2.75) is 24.2 Å². The quantitative estimate of drug-likeness (QED) is 0.209. The molecular formula is C20H23IrN4O2S-. The van der Waals surface area contributed by atoms with Crippen LogP contribution in [0.2, 0.25) is 0 Å². The Morgan fingerprint density at radius 1 is 0.964 bits per heavy atom. The van der Waals surface area contributed by atoms with Gasteiger partial charge in [-0.15, -0.1) is 0 Å². The Kier molecular flexibility index (Phi) is 8.38. The van der Waals surface area contributed by atoms with Crippen molar-refractivity contribution in [2.75, 3.05) is 18.0 Å². The molecule has 151 valence electrons. The number of carboxylic acid groups (broad SMARTS) is 1. The number of rotatable bonds is 6. The number of carbonyl (C=O) groups is 1. The SMILES string of the molecule is N[N-]/C(C(=O)O)=C(\N)Sc1ccc(-c2ccc(N3CCCCC3)cc2)cc1.[Ir]. The number of benzene rings is 2. The largest absolute Gasteiger partial charge is 0.617 e. The summed E-state index contributed by atoms with van der Waals surface area (Å²) in [6.07, 6.45) is 3.85. The van der Waals surface area contributed by atoms with Gasteiger partial charge in [0, 0.05) is 43.8 Å². The van der Waals surface area contributed by atoms with E-state index in [-0.39, 0.29) is 30.8 Å². The molecule has 1 saturated heterocycles. The van der Waals surface area contributed by atoms with E-state index in [1.54, 1.807) is 0 Å². The van der Waals surface area contributed by atoms with E-state index in [9.17, 15) is 4.79 Å². The predicted molar refractivity (Wildman–Crippen MR) is 110 cm³/mol. The molecule has 0 unspecified atom stereocenters. The molecular weight excluding hydrogens is 553 g/mol. The van der Waals surface area contributed by atoms with Gasteiger partial charge < -0.3 is 27.0 Å². The van der Waals surface area contributed by atoms with Gasteiger partial charge in [0.25, 0.3) is 0 Å². The van der Waals surface area contributed by atoms with Crippen molar-refractivity contribution in [3.63, 3.8) is 0 Å². The zero-order valence-electron chi connectivity index (χ0n) is 15.3. The molecule has 1 radical (unpaired) electrons. The van der Waals surface area contributed by atoms with Crippen LogP contribution in [0, 0.1) is 0 Å². The van der Waals surface area contributed by atoms with Crippen LogP contribution in [0.3, 0.4) is 0 Å². The number of anilines is 1. The van der Waals surface area contributed by atoms with Crippen LogP contribution < -0.4 is 16.5 Å². The van der Waals surface area contributed by atoms with Crippen LogP contribution in [0.4, 0.5) is 5.69 Å². The Morgan fingerprint density at radius 3 is 2.00 bits per heavy atom. The second-order valence-corrected chi connectivity index (χ2v) is 7.48. The van der Waals surface area contributed by atoms with Gasteiger partial charge in [-0.25, -0.2) is 4.79 Å². The van der Waals surface area contributed by atoms with Crippen LogP contribution in [0.15, 0.2) is 64.2 Å². The van der Waals surface area contributed by atoms with Crippen LogP contribution in [0.1, 0.15) is 19.3 Å². The van der Waals surface area contributed by atoms with Gasteiger partial charge in [0.05, 0.1) is 5.03 Å². The first-order valence-electron chi connectivity index (χ1n) is 8.86. The maximum Gasteiger partial charge on any atom is 0.316 e. The predicted octanol–water partition coefficient (Wildman–Crippen LogP) is 3.89. The van der Waals surface area contributed by atoms with Gasteiger partial charge in [-0.1, -0.05) is 36.0 Å². The number of piperidine rings is 1. The molecule has 0 spiro atoms. The number of nitrogens with zero attached hydrogens (tertiary/aromatic N) is 2. The second kappa shape index (κ2) is 10.5. The van der Waals surface area contributed by atoms with Crippen LogP contribution in [-0.2, 0) is 24.9 Å². The normalized spacial score (nSPS) is 14.7. The molecule has 3 rings (SSSR count). The van der Waals surface area contributed by atoms with Crippen molar-refractivity contribution < 1.29 is 30.0 Å². The van der Waals surface area contributed by atoms with E-state index in [0.29, 0.717) is 0 Å². The molecule has 2 aromatic carbocycles. The number of nitrogens with two attached hydrogens (primary N) is 2. The number of aliphatic carboxylic acids is 1. The molecule has 0 atom stereocenters. The summed E-state index contributed by atoms with van der Waals surface area (Å²) in [7, 11) is 0. The van der Waals surface area contributed by atoms with Gasteiger partial charge in [-0.05, 0) is 60.4 Å². The third kappa shape index (κ3) is 5.51. The summed E-state index contributed by atoms with van der Waals surface area (Å²) in [6, 6.07) is 16.4. The first kappa shape index (κ1) is 22.3. The van der Waals surface area contributed by atoms with E-state index >= 15 is 0 Å². The molecule has 2 aromatic rings. The topological polar surface area (TPSA) is 107 Å².